The van der Waals surface area contributed by atoms with E-state index >= 15 is 0 Å². The number of hydrogen-bond acceptors (Lipinski definition) is 9. The van der Waals surface area contributed by atoms with Crippen LogP contribution in [0.25, 0.3) is 0 Å². The third kappa shape index (κ3) is 8.90. The maximum absolute atomic E-state index is 12.2. The maximum Gasteiger partial charge on any atom is 0.255 e. The first kappa shape index (κ1) is 32.8. The summed E-state index contributed by atoms with van der Waals surface area (Å²) in [4.78, 5) is 31.9. The van der Waals surface area contributed by atoms with Crippen LogP contribution in [0.2, 0.25) is 0 Å². The Morgan fingerprint density at radius 3 is 1.98 bits per heavy atom. The van der Waals surface area contributed by atoms with E-state index in [0.29, 0.717) is 6.54 Å². The number of anilines is 3. The number of aromatic hydroxyl groups is 2. The lowest BCUT2D eigenvalue weighted by Gasteiger charge is -2.36. The van der Waals surface area contributed by atoms with Crippen LogP contribution in [0.5, 0.6) is 11.5 Å². The molecule has 3 N–H and O–H groups in total. The van der Waals surface area contributed by atoms with Crippen LogP contribution in [-0.4, -0.2) is 96.4 Å². The second-order valence-electron chi connectivity index (χ2n) is 11.0. The molecule has 0 spiro atoms. The van der Waals surface area contributed by atoms with Crippen molar-refractivity contribution in [3.63, 3.8) is 0 Å². The van der Waals surface area contributed by atoms with Gasteiger partial charge in [-0.05, 0) is 63.3 Å². The van der Waals surface area contributed by atoms with Crippen molar-refractivity contribution in [1.82, 2.24) is 20.2 Å². The highest BCUT2D eigenvalue weighted by Gasteiger charge is 2.24. The summed E-state index contributed by atoms with van der Waals surface area (Å²) in [6.45, 7) is 10.0. The summed E-state index contributed by atoms with van der Waals surface area (Å²) < 4.78 is 0. The number of carbonyl (C=O) groups excluding carboxylic acids is 1. The number of nitrogens with one attached hydrogen (secondary N) is 1. The van der Waals surface area contributed by atoms with Gasteiger partial charge < -0.3 is 30.2 Å². The number of phenolic OH excluding ortho intramolecular Hbond substituents is 2. The third-order valence-electron chi connectivity index (χ3n) is 8.11. The van der Waals surface area contributed by atoms with Crippen molar-refractivity contribution in [1.29, 1.82) is 0 Å². The van der Waals surface area contributed by atoms with E-state index in [2.05, 4.69) is 31.0 Å². The number of unbranched alkanes of at least 4 members (excludes halogenated alkanes) is 3. The molecule has 3 aliphatic heterocycles. The van der Waals surface area contributed by atoms with Gasteiger partial charge in [0.15, 0.2) is 0 Å². The van der Waals surface area contributed by atoms with Crippen LogP contribution in [0.15, 0.2) is 24.3 Å². The predicted octanol–water partition coefficient (Wildman–Crippen LogP) is 4.04. The smallest absolute Gasteiger partial charge is 0.255 e. The minimum absolute atomic E-state index is 0. The number of halogens is 2. The van der Waals surface area contributed by atoms with E-state index in [9.17, 15) is 15.0 Å². The van der Waals surface area contributed by atoms with Crippen molar-refractivity contribution in [2.75, 3.05) is 80.1 Å². The summed E-state index contributed by atoms with van der Waals surface area (Å²) in [5.74, 6) is 2.57. The summed E-state index contributed by atoms with van der Waals surface area (Å²) in [7, 11) is 0. The van der Waals surface area contributed by atoms with Gasteiger partial charge in [0.2, 0.25) is 5.95 Å². The van der Waals surface area contributed by atoms with E-state index in [1.54, 1.807) is 0 Å². The molecular weight excluding hydrogens is 565 g/mol. The standard InChI is InChI=1S/C29H43N7O3.2ClH/c37-23-9-10-25(38)24(21-23)28(39)30-11-3-1-2-4-12-33-17-19-35(20-18-33)27-22-26(34-13-5-6-14-34)31-29(32-27)36-15-7-8-16-36;;/h9-10,21-22,37-38H,1-8,11-20H2,(H,30,39);2*1H. The molecule has 5 rings (SSSR count). The highest BCUT2D eigenvalue weighted by Crippen LogP contribution is 2.28. The van der Waals surface area contributed by atoms with Crippen molar-refractivity contribution in [2.45, 2.75) is 51.4 Å². The number of piperazine rings is 1. The molecular formula is C29H45Cl2N7O3. The Kier molecular flexibility index (Phi) is 12.9. The molecule has 10 nitrogen and oxygen atoms in total. The number of phenols is 2. The Balaban J connectivity index is 0.00000231. The molecule has 0 saturated carbocycles. The molecule has 0 bridgehead atoms. The van der Waals surface area contributed by atoms with Gasteiger partial charge >= 0.3 is 0 Å². The molecule has 0 atom stereocenters. The lowest BCUT2D eigenvalue weighted by Crippen LogP contribution is -2.47. The van der Waals surface area contributed by atoms with Gasteiger partial charge in [0.05, 0.1) is 5.56 Å². The van der Waals surface area contributed by atoms with Crippen molar-refractivity contribution in [3.05, 3.63) is 29.8 Å². The van der Waals surface area contributed by atoms with Gasteiger partial charge in [0, 0.05) is 65.0 Å². The first-order valence-corrected chi connectivity index (χ1v) is 14.7. The molecule has 4 heterocycles. The molecule has 0 radical (unpaired) electrons. The Hall–Kier alpha value is -2.69. The van der Waals surface area contributed by atoms with Gasteiger partial charge in [-0.15, -0.1) is 24.8 Å². The largest absolute Gasteiger partial charge is 0.508 e. The fourth-order valence-corrected chi connectivity index (χ4v) is 5.76. The summed E-state index contributed by atoms with van der Waals surface area (Å²) in [6.07, 6.45) is 9.15. The molecule has 1 amide bonds. The fraction of sp³-hybridized carbons (Fsp3) is 0.621. The second-order valence-corrected chi connectivity index (χ2v) is 11.0. The molecule has 1 aromatic carbocycles. The molecule has 41 heavy (non-hydrogen) atoms. The number of carbonyl (C=O) groups is 1. The van der Waals surface area contributed by atoms with Crippen molar-refractivity contribution in [2.24, 2.45) is 0 Å². The fourth-order valence-electron chi connectivity index (χ4n) is 5.76. The SMILES string of the molecule is Cl.Cl.O=C(NCCCCCCN1CCN(c2cc(N3CCCC3)nc(N3CCCC3)n2)CC1)c1cc(O)ccc1O. The normalized spacial score (nSPS) is 17.3. The van der Waals surface area contributed by atoms with Crippen LogP contribution >= 0.6 is 24.8 Å². The lowest BCUT2D eigenvalue weighted by molar-refractivity contribution is 0.0949. The van der Waals surface area contributed by atoms with Crippen molar-refractivity contribution < 1.29 is 15.0 Å². The van der Waals surface area contributed by atoms with Gasteiger partial charge in [-0.2, -0.15) is 9.97 Å². The molecule has 3 saturated heterocycles. The molecule has 1 aromatic heterocycles. The highest BCUT2D eigenvalue weighted by atomic mass is 35.5. The minimum atomic E-state index is -0.356. The topological polar surface area (TPSA) is 108 Å². The number of rotatable bonds is 11. The summed E-state index contributed by atoms with van der Waals surface area (Å²) in [6, 6.07) is 6.18. The average Bonchev–Trinajstić information content (AvgIpc) is 3.69. The van der Waals surface area contributed by atoms with Crippen LogP contribution in [0.3, 0.4) is 0 Å². The number of benzene rings is 1. The first-order valence-electron chi connectivity index (χ1n) is 14.7. The highest BCUT2D eigenvalue weighted by molar-refractivity contribution is 5.97. The zero-order chi connectivity index (χ0) is 27.0. The molecule has 228 valence electrons. The average molecular weight is 611 g/mol. The van der Waals surface area contributed by atoms with Crippen LogP contribution in [0.4, 0.5) is 17.6 Å². The van der Waals surface area contributed by atoms with E-state index in [4.69, 9.17) is 9.97 Å². The molecule has 12 heteroatoms. The number of nitrogens with zero attached hydrogens (tertiary/aromatic N) is 6. The zero-order valence-electron chi connectivity index (χ0n) is 23.8. The Bertz CT molecular complexity index is 1070. The summed E-state index contributed by atoms with van der Waals surface area (Å²) >= 11 is 0. The molecule has 2 aromatic rings. The van der Waals surface area contributed by atoms with Gasteiger partial charge in [-0.1, -0.05) is 12.8 Å². The van der Waals surface area contributed by atoms with E-state index in [0.717, 1.165) is 102 Å². The molecule has 0 aliphatic carbocycles. The van der Waals surface area contributed by atoms with Gasteiger partial charge in [0.1, 0.15) is 23.1 Å². The molecule has 3 fully saturated rings. The van der Waals surface area contributed by atoms with E-state index in [-0.39, 0.29) is 47.8 Å². The summed E-state index contributed by atoms with van der Waals surface area (Å²) in [5, 5.41) is 22.2. The minimum Gasteiger partial charge on any atom is -0.508 e. The number of aromatic nitrogens is 2. The Labute approximate surface area is 255 Å². The Morgan fingerprint density at radius 2 is 1.32 bits per heavy atom. The maximum atomic E-state index is 12.2. The van der Waals surface area contributed by atoms with E-state index in [1.807, 2.05) is 0 Å². The summed E-state index contributed by atoms with van der Waals surface area (Å²) in [5.41, 5.74) is 0.107. The lowest BCUT2D eigenvalue weighted by atomic mass is 10.1. The van der Waals surface area contributed by atoms with Crippen LogP contribution in [0.1, 0.15) is 61.7 Å². The van der Waals surface area contributed by atoms with Gasteiger partial charge in [0.25, 0.3) is 5.91 Å². The second kappa shape index (κ2) is 16.1. The van der Waals surface area contributed by atoms with Crippen molar-refractivity contribution in [3.8, 4) is 11.5 Å². The van der Waals surface area contributed by atoms with Gasteiger partial charge in [-0.3, -0.25) is 9.69 Å². The molecule has 0 unspecified atom stereocenters. The van der Waals surface area contributed by atoms with Crippen molar-refractivity contribution >= 4 is 48.3 Å². The quantitative estimate of drug-likeness (QED) is 0.257. The third-order valence-corrected chi connectivity index (χ3v) is 8.11. The van der Waals surface area contributed by atoms with E-state index in [1.165, 1.54) is 43.9 Å². The number of hydrogen-bond donors (Lipinski definition) is 3. The van der Waals surface area contributed by atoms with Crippen LogP contribution in [0, 0.1) is 0 Å². The molecule has 3 aliphatic rings. The zero-order valence-corrected chi connectivity index (χ0v) is 25.5. The van der Waals surface area contributed by atoms with Crippen LogP contribution < -0.4 is 20.0 Å². The van der Waals surface area contributed by atoms with Crippen LogP contribution in [-0.2, 0) is 0 Å². The predicted molar refractivity (Wildman–Crippen MR) is 169 cm³/mol. The Morgan fingerprint density at radius 1 is 0.732 bits per heavy atom. The number of amides is 1. The first-order chi connectivity index (χ1) is 19.1. The van der Waals surface area contributed by atoms with E-state index < -0.39 is 0 Å². The monoisotopic (exact) mass is 609 g/mol. The van der Waals surface area contributed by atoms with Gasteiger partial charge in [-0.25, -0.2) is 0 Å².